The first-order chi connectivity index (χ1) is 10.2. The maximum Gasteiger partial charge on any atom is 0.193 e. The van der Waals surface area contributed by atoms with Crippen LogP contribution in [0.1, 0.15) is 17.6 Å². The molecule has 0 amide bonds. The maximum absolute atomic E-state index is 5.86. The van der Waals surface area contributed by atoms with Crippen molar-refractivity contribution in [2.75, 3.05) is 19.0 Å². The SMILES string of the molecule is CCc1nc(CCN=C(N)Nc2ccc(OC)cc2)cs1.I. The van der Waals surface area contributed by atoms with E-state index in [4.69, 9.17) is 10.5 Å². The number of nitrogens with zero attached hydrogens (tertiary/aromatic N) is 2. The fraction of sp³-hybridized carbons (Fsp3) is 0.333. The van der Waals surface area contributed by atoms with Gasteiger partial charge in [-0.1, -0.05) is 6.92 Å². The van der Waals surface area contributed by atoms with Gasteiger partial charge in [0.05, 0.1) is 17.8 Å². The Hall–Kier alpha value is -1.35. The Morgan fingerprint density at radius 3 is 2.68 bits per heavy atom. The lowest BCUT2D eigenvalue weighted by Gasteiger charge is -2.06. The van der Waals surface area contributed by atoms with E-state index in [-0.39, 0.29) is 24.0 Å². The van der Waals surface area contributed by atoms with Crippen LogP contribution in [0.25, 0.3) is 0 Å². The summed E-state index contributed by atoms with van der Waals surface area (Å²) in [6, 6.07) is 7.54. The number of halogens is 1. The number of anilines is 1. The van der Waals surface area contributed by atoms with Gasteiger partial charge in [0.1, 0.15) is 5.75 Å². The summed E-state index contributed by atoms with van der Waals surface area (Å²) in [6.07, 6.45) is 1.79. The Balaban J connectivity index is 0.00000242. The van der Waals surface area contributed by atoms with Crippen LogP contribution in [0.2, 0.25) is 0 Å². The highest BCUT2D eigenvalue weighted by Crippen LogP contribution is 2.14. The lowest BCUT2D eigenvalue weighted by Crippen LogP contribution is -2.23. The second-order valence-electron chi connectivity index (χ2n) is 4.46. The van der Waals surface area contributed by atoms with Gasteiger partial charge >= 0.3 is 0 Å². The Kier molecular flexibility index (Phi) is 8.18. The Labute approximate surface area is 152 Å². The van der Waals surface area contributed by atoms with E-state index in [0.717, 1.165) is 30.0 Å². The van der Waals surface area contributed by atoms with Crippen molar-refractivity contribution in [1.82, 2.24) is 4.98 Å². The molecule has 0 spiro atoms. The predicted molar refractivity (Wildman–Crippen MR) is 104 cm³/mol. The average Bonchev–Trinajstić information content (AvgIpc) is 2.96. The molecule has 1 aromatic heterocycles. The standard InChI is InChI=1S/C15H20N4OS.HI/c1-3-14-18-12(10-21-14)8-9-17-15(16)19-11-4-6-13(20-2)7-5-11;/h4-7,10H,3,8-9H2,1-2H3,(H3,16,17,19);1H. The lowest BCUT2D eigenvalue weighted by atomic mass is 10.3. The molecule has 3 N–H and O–H groups in total. The molecule has 0 bridgehead atoms. The molecular weight excluding hydrogens is 411 g/mol. The largest absolute Gasteiger partial charge is 0.497 e. The number of guanidine groups is 1. The van der Waals surface area contributed by atoms with E-state index in [1.807, 2.05) is 24.3 Å². The number of aliphatic imine (C=N–C) groups is 1. The van der Waals surface area contributed by atoms with E-state index in [9.17, 15) is 0 Å². The molecule has 0 aliphatic carbocycles. The number of nitrogens with two attached hydrogens (primary N) is 1. The quantitative estimate of drug-likeness (QED) is 0.418. The summed E-state index contributed by atoms with van der Waals surface area (Å²) in [5, 5.41) is 6.30. The third-order valence-electron chi connectivity index (χ3n) is 2.91. The minimum absolute atomic E-state index is 0. The van der Waals surface area contributed by atoms with Crippen LogP contribution in [0.3, 0.4) is 0 Å². The molecular formula is C15H21IN4OS. The fourth-order valence-corrected chi connectivity index (χ4v) is 2.56. The summed E-state index contributed by atoms with van der Waals surface area (Å²) < 4.78 is 5.10. The van der Waals surface area contributed by atoms with Crippen molar-refractivity contribution >= 4 is 47.0 Å². The van der Waals surface area contributed by atoms with Gasteiger partial charge < -0.3 is 15.8 Å². The van der Waals surface area contributed by atoms with Gasteiger partial charge in [0.15, 0.2) is 5.96 Å². The number of methoxy groups -OCH3 is 1. The number of benzene rings is 1. The van der Waals surface area contributed by atoms with E-state index in [0.29, 0.717) is 12.5 Å². The van der Waals surface area contributed by atoms with Crippen LogP contribution in [-0.4, -0.2) is 24.6 Å². The molecule has 22 heavy (non-hydrogen) atoms. The maximum atomic E-state index is 5.86. The van der Waals surface area contributed by atoms with Crippen molar-refractivity contribution in [3.63, 3.8) is 0 Å². The summed E-state index contributed by atoms with van der Waals surface area (Å²) in [5.74, 6) is 1.22. The minimum Gasteiger partial charge on any atom is -0.497 e. The van der Waals surface area contributed by atoms with Gasteiger partial charge in [0, 0.05) is 24.0 Å². The van der Waals surface area contributed by atoms with E-state index < -0.39 is 0 Å². The van der Waals surface area contributed by atoms with Gasteiger partial charge in [0.25, 0.3) is 0 Å². The second kappa shape index (κ2) is 9.62. The molecule has 2 aromatic rings. The average molecular weight is 432 g/mol. The fourth-order valence-electron chi connectivity index (χ4n) is 1.78. The number of hydrogen-bond donors (Lipinski definition) is 2. The molecule has 0 aliphatic rings. The number of hydrogen-bond acceptors (Lipinski definition) is 4. The highest BCUT2D eigenvalue weighted by molar-refractivity contribution is 14.0. The molecule has 0 radical (unpaired) electrons. The number of rotatable bonds is 6. The van der Waals surface area contributed by atoms with Gasteiger partial charge in [-0.05, 0) is 30.7 Å². The first-order valence-corrected chi connectivity index (χ1v) is 7.73. The number of nitrogens with one attached hydrogen (secondary N) is 1. The van der Waals surface area contributed by atoms with Crippen LogP contribution < -0.4 is 15.8 Å². The van der Waals surface area contributed by atoms with Gasteiger partial charge in [-0.15, -0.1) is 35.3 Å². The van der Waals surface area contributed by atoms with Crippen molar-refractivity contribution in [2.45, 2.75) is 19.8 Å². The third-order valence-corrected chi connectivity index (χ3v) is 3.96. The first-order valence-electron chi connectivity index (χ1n) is 6.85. The third kappa shape index (κ3) is 5.80. The smallest absolute Gasteiger partial charge is 0.193 e. The molecule has 0 unspecified atom stereocenters. The van der Waals surface area contributed by atoms with Crippen molar-refractivity contribution in [3.8, 4) is 5.75 Å². The number of aryl methyl sites for hydroxylation is 1. The summed E-state index contributed by atoms with van der Waals surface area (Å²) in [4.78, 5) is 8.81. The lowest BCUT2D eigenvalue weighted by molar-refractivity contribution is 0.415. The van der Waals surface area contributed by atoms with Crippen LogP contribution in [0.15, 0.2) is 34.6 Å². The van der Waals surface area contributed by atoms with Gasteiger partial charge in [0.2, 0.25) is 0 Å². The number of aromatic nitrogens is 1. The normalized spacial score (nSPS) is 10.9. The molecule has 1 heterocycles. The van der Waals surface area contributed by atoms with Crippen LogP contribution in [0, 0.1) is 0 Å². The van der Waals surface area contributed by atoms with Crippen molar-refractivity contribution in [2.24, 2.45) is 10.7 Å². The van der Waals surface area contributed by atoms with Gasteiger partial charge in [-0.2, -0.15) is 0 Å². The monoisotopic (exact) mass is 432 g/mol. The van der Waals surface area contributed by atoms with Gasteiger partial charge in [-0.25, -0.2) is 4.98 Å². The van der Waals surface area contributed by atoms with Crippen LogP contribution >= 0.6 is 35.3 Å². The number of thiazole rings is 1. The second-order valence-corrected chi connectivity index (χ2v) is 5.40. The van der Waals surface area contributed by atoms with Crippen LogP contribution in [0.4, 0.5) is 5.69 Å². The van der Waals surface area contributed by atoms with E-state index in [2.05, 4.69) is 27.6 Å². The van der Waals surface area contributed by atoms with Crippen LogP contribution in [0.5, 0.6) is 5.75 Å². The van der Waals surface area contributed by atoms with Crippen molar-refractivity contribution < 1.29 is 4.74 Å². The minimum atomic E-state index is 0. The highest BCUT2D eigenvalue weighted by atomic mass is 127. The summed E-state index contributed by atoms with van der Waals surface area (Å²) in [6.45, 7) is 2.74. The van der Waals surface area contributed by atoms with Crippen molar-refractivity contribution in [3.05, 3.63) is 40.3 Å². The summed E-state index contributed by atoms with van der Waals surface area (Å²) in [7, 11) is 1.64. The molecule has 5 nitrogen and oxygen atoms in total. The zero-order valence-electron chi connectivity index (χ0n) is 12.7. The van der Waals surface area contributed by atoms with Gasteiger partial charge in [-0.3, -0.25) is 4.99 Å². The highest BCUT2D eigenvalue weighted by Gasteiger charge is 2.00. The van der Waals surface area contributed by atoms with E-state index in [1.165, 1.54) is 5.01 Å². The number of ether oxygens (including phenoxy) is 1. The Morgan fingerprint density at radius 1 is 1.36 bits per heavy atom. The van der Waals surface area contributed by atoms with E-state index in [1.54, 1.807) is 18.4 Å². The van der Waals surface area contributed by atoms with Crippen molar-refractivity contribution in [1.29, 1.82) is 0 Å². The molecule has 1 aromatic carbocycles. The summed E-state index contributed by atoms with van der Waals surface area (Å²) >= 11 is 1.70. The Morgan fingerprint density at radius 2 is 2.09 bits per heavy atom. The van der Waals surface area contributed by atoms with E-state index >= 15 is 0 Å². The molecule has 0 saturated carbocycles. The molecule has 0 atom stereocenters. The summed E-state index contributed by atoms with van der Waals surface area (Å²) in [5.41, 5.74) is 7.83. The molecule has 7 heteroatoms. The molecule has 0 saturated heterocycles. The molecule has 0 fully saturated rings. The zero-order valence-corrected chi connectivity index (χ0v) is 15.9. The molecule has 2 rings (SSSR count). The molecule has 120 valence electrons. The first kappa shape index (κ1) is 18.7. The zero-order chi connectivity index (χ0) is 15.1. The molecule has 0 aliphatic heterocycles. The van der Waals surface area contributed by atoms with Crippen LogP contribution in [-0.2, 0) is 12.8 Å². The predicted octanol–water partition coefficient (Wildman–Crippen LogP) is 3.30. The topological polar surface area (TPSA) is 72.5 Å². The Bertz CT molecular complexity index is 598.